The molecule has 0 heterocycles. The molecule has 678 valence electrons. The molecule has 0 aliphatic rings. The fourth-order valence-corrected chi connectivity index (χ4v) is 12.0. The number of carbonyl (C=O) groups excluding carboxylic acids is 10. The number of carboxylic acid groups (broad SMARTS) is 4. The zero-order valence-electron chi connectivity index (χ0n) is 70.7. The standard InChI is InChI=1S/C86H136N6O28/c1-65(24-17-19-43-88-81(101)63-116-57-53-112-47-23-27-71(95)61-115-56-54-113-50-44-89-77(97)41-40-75(86(109)110)92-79(99)29-16-10-6-4-8-12-21-49-120-73-37-32-68(33-38-73)84(105)106)76(96)60-69(66(2)93)25-14-13-18-42-87-80(100)62-118-59-55-114-51-45-90-82(102)64-117-58-52-111-46-22-26-70(94)34-39-74(85(107)108)91-78(98)28-15-9-5-3-7-11-20-48-119-72-35-30-67(31-36-72)83(103)104/h30-33,35-38,65,69,74-75H,3-29,34,39-64H2,1-2H3,(H,87,100)(H,88,101)(H,89,97)(H,90,102)(H,91,98)(H,92,99)(H,103,104)(H,105,106)(H,107,108)(H,109,110)/t65-,69+,74-,75-/m0/s1. The van der Waals surface area contributed by atoms with Gasteiger partial charge in [-0.2, -0.15) is 0 Å². The lowest BCUT2D eigenvalue weighted by molar-refractivity contribution is -0.142. The van der Waals surface area contributed by atoms with Crippen molar-refractivity contribution in [3.05, 3.63) is 59.7 Å². The van der Waals surface area contributed by atoms with Crippen molar-refractivity contribution in [2.75, 3.05) is 145 Å². The second-order valence-electron chi connectivity index (χ2n) is 29.4. The summed E-state index contributed by atoms with van der Waals surface area (Å²) in [6.07, 6.45) is 18.9. The second kappa shape index (κ2) is 71.8. The summed E-state index contributed by atoms with van der Waals surface area (Å²) >= 11 is 0. The van der Waals surface area contributed by atoms with Crippen LogP contribution in [0.15, 0.2) is 48.5 Å². The first kappa shape index (κ1) is 107. The molecule has 0 saturated heterocycles. The summed E-state index contributed by atoms with van der Waals surface area (Å²) in [7, 11) is 0. The highest BCUT2D eigenvalue weighted by Crippen LogP contribution is 2.22. The van der Waals surface area contributed by atoms with Crippen LogP contribution in [0, 0.1) is 11.8 Å². The van der Waals surface area contributed by atoms with E-state index >= 15 is 0 Å². The maximum atomic E-state index is 13.1. The largest absolute Gasteiger partial charge is 0.494 e. The molecule has 0 aliphatic heterocycles. The van der Waals surface area contributed by atoms with Crippen LogP contribution in [-0.2, 0) is 95.4 Å². The number of hydrogen-bond acceptors (Lipinski definition) is 24. The lowest BCUT2D eigenvalue weighted by Crippen LogP contribution is -2.41. The van der Waals surface area contributed by atoms with Crippen molar-refractivity contribution in [1.29, 1.82) is 0 Å². The Labute approximate surface area is 705 Å². The Morgan fingerprint density at radius 2 is 0.667 bits per heavy atom. The minimum atomic E-state index is -1.22. The summed E-state index contributed by atoms with van der Waals surface area (Å²) in [6.45, 7) is 7.58. The highest BCUT2D eigenvalue weighted by Gasteiger charge is 2.25. The van der Waals surface area contributed by atoms with Crippen LogP contribution < -0.4 is 41.4 Å². The Morgan fingerprint density at radius 1 is 0.308 bits per heavy atom. The summed E-state index contributed by atoms with van der Waals surface area (Å²) in [6, 6.07) is 10.2. The summed E-state index contributed by atoms with van der Waals surface area (Å²) < 4.78 is 54.7. The van der Waals surface area contributed by atoms with Crippen LogP contribution in [0.2, 0.25) is 0 Å². The number of amides is 6. The van der Waals surface area contributed by atoms with Gasteiger partial charge in [-0.3, -0.25) is 47.9 Å². The van der Waals surface area contributed by atoms with Gasteiger partial charge < -0.3 is 99.7 Å². The number of ketones is 4. The van der Waals surface area contributed by atoms with E-state index in [1.807, 2.05) is 6.92 Å². The number of benzene rings is 2. The molecule has 2 aromatic carbocycles. The van der Waals surface area contributed by atoms with Gasteiger partial charge in [0.25, 0.3) is 0 Å². The molecule has 34 heteroatoms. The fraction of sp³-hybridized carbons (Fsp3) is 0.698. The third-order valence-electron chi connectivity index (χ3n) is 19.1. The minimum Gasteiger partial charge on any atom is -0.494 e. The number of hydrogen-bond donors (Lipinski definition) is 10. The van der Waals surface area contributed by atoms with Gasteiger partial charge in [-0.05, 0) is 133 Å². The third kappa shape index (κ3) is 61.4. The van der Waals surface area contributed by atoms with Gasteiger partial charge in [0.2, 0.25) is 35.4 Å². The molecular formula is C86H136N6O28. The van der Waals surface area contributed by atoms with Gasteiger partial charge in [-0.15, -0.1) is 0 Å². The van der Waals surface area contributed by atoms with E-state index in [-0.39, 0.29) is 252 Å². The first-order chi connectivity index (χ1) is 57.9. The lowest BCUT2D eigenvalue weighted by Gasteiger charge is -2.16. The number of aromatic carboxylic acids is 2. The number of aliphatic carboxylic acids is 2. The van der Waals surface area contributed by atoms with Crippen molar-refractivity contribution in [2.45, 2.75) is 231 Å². The van der Waals surface area contributed by atoms with Crippen LogP contribution in [0.3, 0.4) is 0 Å². The summed E-state index contributed by atoms with van der Waals surface area (Å²) in [5.41, 5.74) is 0.410. The Morgan fingerprint density at radius 3 is 1.10 bits per heavy atom. The average Bonchev–Trinajstić information content (AvgIpc) is 0.903. The van der Waals surface area contributed by atoms with E-state index < -0.39 is 36.0 Å². The molecule has 120 heavy (non-hydrogen) atoms. The molecular weight excluding hydrogens is 1560 g/mol. The normalized spacial score (nSPS) is 12.1. The minimum absolute atomic E-state index is 0.00141. The molecule has 0 radical (unpaired) electrons. The van der Waals surface area contributed by atoms with Crippen molar-refractivity contribution in [2.24, 2.45) is 11.8 Å². The van der Waals surface area contributed by atoms with Crippen LogP contribution in [-0.4, -0.2) is 260 Å². The Kier molecular flexibility index (Phi) is 64.1. The van der Waals surface area contributed by atoms with Crippen LogP contribution in [0.25, 0.3) is 0 Å². The van der Waals surface area contributed by atoms with Crippen LogP contribution in [0.1, 0.15) is 240 Å². The SMILES string of the molecule is CC(=O)[C@H](CCCCCNC(=O)COCCOCCNC(=O)COCCOCCCC(=O)CC[C@H](NC(=O)CCCCCCCCCOc1ccc(C(=O)O)cc1)C(=O)O)CC(=O)[C@@H](C)CCCCNC(=O)COCCOCCCC(=O)COCCOCCNC(=O)CC[C@H](NC(=O)CCCCCCCCCOc1ccc(C(=O)O)cc1)C(=O)O. The Bertz CT molecular complexity index is 3230. The van der Waals surface area contributed by atoms with Gasteiger partial charge in [-0.25, -0.2) is 19.2 Å². The predicted octanol–water partition coefficient (Wildman–Crippen LogP) is 8.31. The quantitative estimate of drug-likeness (QED) is 0.0278. The number of unbranched alkanes of at least 4 members (excludes halogenated alkanes) is 15. The predicted molar refractivity (Wildman–Crippen MR) is 442 cm³/mol. The third-order valence-corrected chi connectivity index (χ3v) is 19.1. The van der Waals surface area contributed by atoms with Crippen LogP contribution >= 0.6 is 0 Å². The molecule has 4 atom stereocenters. The number of nitrogens with one attached hydrogen (secondary N) is 6. The van der Waals surface area contributed by atoms with Gasteiger partial charge >= 0.3 is 23.9 Å². The molecule has 0 unspecified atom stereocenters. The molecule has 0 saturated carbocycles. The van der Waals surface area contributed by atoms with Crippen molar-refractivity contribution >= 4 is 82.5 Å². The summed E-state index contributed by atoms with van der Waals surface area (Å²) in [5, 5.41) is 53.1. The van der Waals surface area contributed by atoms with E-state index in [4.69, 9.17) is 57.6 Å². The fourth-order valence-electron chi connectivity index (χ4n) is 12.0. The number of Topliss-reactive ketones (excluding diaryl/α,β-unsaturated/α-hetero) is 4. The molecule has 10 N–H and O–H groups in total. The topological polar surface area (TPSA) is 484 Å². The maximum Gasteiger partial charge on any atom is 0.335 e. The van der Waals surface area contributed by atoms with Crippen LogP contribution in [0.5, 0.6) is 11.5 Å². The van der Waals surface area contributed by atoms with E-state index in [2.05, 4.69) is 31.9 Å². The Hall–Kier alpha value is -8.90. The zero-order chi connectivity index (χ0) is 87.9. The first-order valence-corrected chi connectivity index (χ1v) is 42.7. The second-order valence-corrected chi connectivity index (χ2v) is 29.4. The average molecular weight is 1700 g/mol. The summed E-state index contributed by atoms with van der Waals surface area (Å²) in [4.78, 5) is 169. The smallest absolute Gasteiger partial charge is 0.335 e. The van der Waals surface area contributed by atoms with Crippen molar-refractivity contribution in [1.82, 2.24) is 31.9 Å². The molecule has 0 fully saturated rings. The molecule has 34 nitrogen and oxygen atoms in total. The molecule has 2 rings (SSSR count). The van der Waals surface area contributed by atoms with Crippen molar-refractivity contribution < 1.29 is 135 Å². The number of ether oxygens (including phenoxy) is 10. The monoisotopic (exact) mass is 1700 g/mol. The number of carbonyl (C=O) groups is 14. The van der Waals surface area contributed by atoms with Gasteiger partial charge in [0.05, 0.1) is 90.4 Å². The summed E-state index contributed by atoms with van der Waals surface area (Å²) in [5.74, 6) is -6.05. The van der Waals surface area contributed by atoms with Gasteiger partial charge in [-0.1, -0.05) is 90.4 Å². The van der Waals surface area contributed by atoms with Gasteiger partial charge in [0.15, 0.2) is 5.78 Å². The zero-order valence-corrected chi connectivity index (χ0v) is 70.7. The highest BCUT2D eigenvalue weighted by molar-refractivity contribution is 5.90. The van der Waals surface area contributed by atoms with E-state index in [1.54, 1.807) is 24.3 Å². The number of carboxylic acids is 4. The molecule has 0 aromatic heterocycles. The molecule has 0 spiro atoms. The highest BCUT2D eigenvalue weighted by atomic mass is 16.5. The molecule has 0 aliphatic carbocycles. The van der Waals surface area contributed by atoms with Crippen molar-refractivity contribution in [3.8, 4) is 11.5 Å². The van der Waals surface area contributed by atoms with E-state index in [0.717, 1.165) is 89.9 Å². The molecule has 0 bridgehead atoms. The van der Waals surface area contributed by atoms with Crippen molar-refractivity contribution in [3.63, 3.8) is 0 Å². The Balaban J connectivity index is 1.32. The van der Waals surface area contributed by atoms with E-state index in [1.165, 1.54) is 31.2 Å². The van der Waals surface area contributed by atoms with E-state index in [0.29, 0.717) is 102 Å². The number of rotatable bonds is 83. The first-order valence-electron chi connectivity index (χ1n) is 42.7. The molecule has 6 amide bonds. The lowest BCUT2D eigenvalue weighted by atomic mass is 9.87. The maximum absolute atomic E-state index is 13.1. The van der Waals surface area contributed by atoms with Crippen LogP contribution in [0.4, 0.5) is 0 Å². The van der Waals surface area contributed by atoms with E-state index in [9.17, 15) is 77.3 Å². The van der Waals surface area contributed by atoms with Gasteiger partial charge in [0, 0.05) is 96.2 Å². The van der Waals surface area contributed by atoms with Gasteiger partial charge in [0.1, 0.15) is 67.4 Å². The molecule has 2 aromatic rings.